The second kappa shape index (κ2) is 11.0. The number of aromatic nitrogens is 1. The first-order valence-electron chi connectivity index (χ1n) is 11.6. The minimum absolute atomic E-state index is 0.0523. The molecule has 0 amide bonds. The third-order valence-electron chi connectivity index (χ3n) is 6.12. The fourth-order valence-corrected chi connectivity index (χ4v) is 6.18. The van der Waals surface area contributed by atoms with E-state index in [0.29, 0.717) is 17.7 Å². The van der Waals surface area contributed by atoms with Gasteiger partial charge in [0, 0.05) is 9.90 Å². The summed E-state index contributed by atoms with van der Waals surface area (Å²) in [5, 5.41) is 9.61. The van der Waals surface area contributed by atoms with Crippen molar-refractivity contribution in [2.45, 2.75) is 30.7 Å². The molecule has 2 aromatic heterocycles. The van der Waals surface area contributed by atoms with E-state index in [9.17, 15) is 44.8 Å². The summed E-state index contributed by atoms with van der Waals surface area (Å²) in [4.78, 5) is 12.8. The van der Waals surface area contributed by atoms with Gasteiger partial charge in [-0.05, 0) is 53.6 Å². The molecule has 0 aliphatic carbocycles. The van der Waals surface area contributed by atoms with Gasteiger partial charge >= 0.3 is 12.4 Å². The first-order chi connectivity index (χ1) is 19.1. The van der Waals surface area contributed by atoms with Gasteiger partial charge < -0.3 is 4.57 Å². The predicted octanol–water partition coefficient (Wildman–Crippen LogP) is 7.65. The topological polar surface area (TPSA) is 79.9 Å². The van der Waals surface area contributed by atoms with Crippen LogP contribution in [0.1, 0.15) is 29.2 Å². The van der Waals surface area contributed by atoms with Gasteiger partial charge in [0.15, 0.2) is 9.84 Å². The lowest BCUT2D eigenvalue weighted by Crippen LogP contribution is -2.28. The zero-order valence-corrected chi connectivity index (χ0v) is 23.2. The summed E-state index contributed by atoms with van der Waals surface area (Å²) in [5.41, 5.74) is -5.07. The van der Waals surface area contributed by atoms with Crippen LogP contribution in [0, 0.1) is 11.3 Å². The van der Waals surface area contributed by atoms with E-state index in [1.807, 2.05) is 0 Å². The Labute approximate surface area is 238 Å². The first-order valence-corrected chi connectivity index (χ1v) is 14.5. The lowest BCUT2D eigenvalue weighted by molar-refractivity contribution is -0.138. The normalized spacial score (nSPS) is 12.4. The summed E-state index contributed by atoms with van der Waals surface area (Å²) in [7, 11) is -4.05. The Morgan fingerprint density at radius 1 is 0.951 bits per heavy atom. The van der Waals surface area contributed by atoms with Gasteiger partial charge in [0.05, 0.1) is 38.9 Å². The van der Waals surface area contributed by atoms with E-state index >= 15 is 0 Å². The van der Waals surface area contributed by atoms with Gasteiger partial charge in [0.25, 0.3) is 5.56 Å². The Morgan fingerprint density at radius 2 is 1.61 bits per heavy atom. The second-order valence-corrected chi connectivity index (χ2v) is 12.5. The molecule has 0 saturated heterocycles. The molecule has 4 rings (SSSR count). The number of pyridine rings is 1. The SMILES string of the molecule is CCS(=O)(=O)c1cc(-c2ccc(-c3cc(C(F)(F)F)c(C#N)c(=O)n3Cc3ccccc3Cl)s2)cc(C(F)(F)F)c1. The van der Waals surface area contributed by atoms with Gasteiger partial charge in [-0.3, -0.25) is 4.79 Å². The highest BCUT2D eigenvalue weighted by Gasteiger charge is 2.37. The molecule has 0 bridgehead atoms. The Bertz CT molecular complexity index is 1850. The third kappa shape index (κ3) is 6.19. The number of nitriles is 1. The summed E-state index contributed by atoms with van der Waals surface area (Å²) < 4.78 is 108. The third-order valence-corrected chi connectivity index (χ3v) is 9.36. The maximum atomic E-state index is 13.9. The minimum Gasteiger partial charge on any atom is -0.302 e. The molecule has 0 radical (unpaired) electrons. The lowest BCUT2D eigenvalue weighted by atomic mass is 10.1. The van der Waals surface area contributed by atoms with Crippen LogP contribution in [0.2, 0.25) is 5.02 Å². The van der Waals surface area contributed by atoms with Crippen molar-refractivity contribution in [1.29, 1.82) is 5.26 Å². The van der Waals surface area contributed by atoms with Crippen LogP contribution in [0.25, 0.3) is 21.0 Å². The molecule has 0 aliphatic rings. The van der Waals surface area contributed by atoms with Crippen LogP contribution in [-0.4, -0.2) is 18.7 Å². The fourth-order valence-electron chi connectivity index (χ4n) is 4.02. The van der Waals surface area contributed by atoms with Gasteiger partial charge in [0.1, 0.15) is 11.6 Å². The van der Waals surface area contributed by atoms with Crippen molar-refractivity contribution in [3.05, 3.63) is 98.3 Å². The van der Waals surface area contributed by atoms with Gasteiger partial charge in [-0.25, -0.2) is 8.42 Å². The summed E-state index contributed by atoms with van der Waals surface area (Å²) in [6, 6.07) is 13.1. The second-order valence-electron chi connectivity index (χ2n) is 8.72. The molecular formula is C27H17ClF6N2O3S2. The van der Waals surface area contributed by atoms with Crippen LogP contribution in [0.3, 0.4) is 0 Å². The van der Waals surface area contributed by atoms with E-state index in [2.05, 4.69) is 0 Å². The van der Waals surface area contributed by atoms with Crippen LogP contribution in [-0.2, 0) is 28.7 Å². The van der Waals surface area contributed by atoms with Crippen molar-refractivity contribution in [3.8, 4) is 27.1 Å². The molecule has 0 aliphatic heterocycles. The first kappa shape index (κ1) is 30.4. The largest absolute Gasteiger partial charge is 0.417 e. The number of benzene rings is 2. The number of sulfone groups is 1. The van der Waals surface area contributed by atoms with Gasteiger partial charge in [-0.1, -0.05) is 36.7 Å². The highest BCUT2D eigenvalue weighted by atomic mass is 35.5. The summed E-state index contributed by atoms with van der Waals surface area (Å²) >= 11 is 6.95. The molecule has 0 saturated carbocycles. The molecule has 41 heavy (non-hydrogen) atoms. The molecule has 0 unspecified atom stereocenters. The van der Waals surface area contributed by atoms with Crippen molar-refractivity contribution >= 4 is 32.8 Å². The van der Waals surface area contributed by atoms with Crippen molar-refractivity contribution in [2.24, 2.45) is 0 Å². The van der Waals surface area contributed by atoms with E-state index in [4.69, 9.17) is 11.6 Å². The van der Waals surface area contributed by atoms with E-state index in [0.717, 1.165) is 28.0 Å². The zero-order chi connectivity index (χ0) is 30.3. The Balaban J connectivity index is 1.97. The van der Waals surface area contributed by atoms with Crippen LogP contribution in [0.4, 0.5) is 26.3 Å². The number of hydrogen-bond donors (Lipinski definition) is 0. The van der Waals surface area contributed by atoms with Gasteiger partial charge in [-0.15, -0.1) is 11.3 Å². The Morgan fingerprint density at radius 3 is 2.20 bits per heavy atom. The maximum absolute atomic E-state index is 13.9. The average molecular weight is 631 g/mol. The summed E-state index contributed by atoms with van der Waals surface area (Å²) in [6.45, 7) is 0.968. The molecule has 0 atom stereocenters. The van der Waals surface area contributed by atoms with E-state index < -0.39 is 55.1 Å². The number of thiophene rings is 1. The zero-order valence-electron chi connectivity index (χ0n) is 20.8. The molecule has 214 valence electrons. The number of nitrogens with zero attached hydrogens (tertiary/aromatic N) is 2. The minimum atomic E-state index is -5.06. The smallest absolute Gasteiger partial charge is 0.302 e. The van der Waals surface area contributed by atoms with Crippen molar-refractivity contribution in [1.82, 2.24) is 4.57 Å². The van der Waals surface area contributed by atoms with Crippen LogP contribution in [0.5, 0.6) is 0 Å². The maximum Gasteiger partial charge on any atom is 0.417 e. The van der Waals surface area contributed by atoms with Gasteiger partial charge in [-0.2, -0.15) is 31.6 Å². The Hall–Kier alpha value is -3.60. The highest BCUT2D eigenvalue weighted by Crippen LogP contribution is 2.41. The molecule has 0 spiro atoms. The van der Waals surface area contributed by atoms with Crippen molar-refractivity contribution < 1.29 is 34.8 Å². The number of halogens is 7. The molecule has 0 fully saturated rings. The molecule has 2 aromatic carbocycles. The predicted molar refractivity (Wildman–Crippen MR) is 142 cm³/mol. The molecule has 2 heterocycles. The van der Waals surface area contributed by atoms with Gasteiger partial charge in [0.2, 0.25) is 0 Å². The molecule has 0 N–H and O–H groups in total. The lowest BCUT2D eigenvalue weighted by Gasteiger charge is -2.17. The molecular weight excluding hydrogens is 614 g/mol. The summed E-state index contributed by atoms with van der Waals surface area (Å²) in [5.74, 6) is -0.455. The molecule has 5 nitrogen and oxygen atoms in total. The van der Waals surface area contributed by atoms with Crippen LogP contribution in [0.15, 0.2) is 70.4 Å². The van der Waals surface area contributed by atoms with Crippen molar-refractivity contribution in [2.75, 3.05) is 5.75 Å². The quantitative estimate of drug-likeness (QED) is 0.205. The van der Waals surface area contributed by atoms with E-state index in [-0.39, 0.29) is 32.6 Å². The van der Waals surface area contributed by atoms with Crippen LogP contribution < -0.4 is 5.56 Å². The summed E-state index contributed by atoms with van der Waals surface area (Å²) in [6.07, 6.45) is -9.94. The van der Waals surface area contributed by atoms with E-state index in [1.165, 1.54) is 31.2 Å². The number of alkyl halides is 6. The fraction of sp³-hybridized carbons (Fsp3) is 0.185. The Kier molecular flexibility index (Phi) is 8.14. The van der Waals surface area contributed by atoms with Crippen LogP contribution >= 0.6 is 22.9 Å². The highest BCUT2D eigenvalue weighted by molar-refractivity contribution is 7.91. The molecule has 14 heteroatoms. The number of rotatable bonds is 6. The molecule has 4 aromatic rings. The van der Waals surface area contributed by atoms with Crippen molar-refractivity contribution in [3.63, 3.8) is 0 Å². The standard InChI is InChI=1S/C27H17ClF6N2O3S2/c1-2-41(38,39)18-10-16(9-17(11-18)26(29,30)31)23-7-8-24(40-23)22-12-20(27(32,33)34)19(13-35)25(37)36(22)14-15-5-3-4-6-21(15)28/h3-12H,2,14H2,1H3. The monoisotopic (exact) mass is 630 g/mol. The average Bonchev–Trinajstić information content (AvgIpc) is 3.39. The number of hydrogen-bond acceptors (Lipinski definition) is 5. The van der Waals surface area contributed by atoms with E-state index in [1.54, 1.807) is 18.2 Å².